The summed E-state index contributed by atoms with van der Waals surface area (Å²) in [5.41, 5.74) is 2.30. The lowest BCUT2D eigenvalue weighted by Gasteiger charge is -2.47. The molecule has 4 atom stereocenters. The summed E-state index contributed by atoms with van der Waals surface area (Å²) in [5.74, 6) is 6.42. The zero-order chi connectivity index (χ0) is 20.4. The summed E-state index contributed by atoms with van der Waals surface area (Å²) in [6.07, 6.45) is 25.1. The van der Waals surface area contributed by atoms with Crippen molar-refractivity contribution >= 4 is 8.07 Å². The van der Waals surface area contributed by atoms with E-state index in [1.807, 2.05) is 0 Å². The molecule has 4 fully saturated rings. The van der Waals surface area contributed by atoms with Gasteiger partial charge in [-0.3, -0.25) is 0 Å². The second-order valence-corrected chi connectivity index (χ2v) is 18.4. The standard InChI is InChI=1S/C28H52Si/c1-21-7-5-9-25(19-21)23-11-15-27(16-12-23)29(3,4)28-17-13-24(14-18-28)26-10-6-8-22(2)20-26/h21-28H,5-20H2,1-4H3. The highest BCUT2D eigenvalue weighted by Gasteiger charge is 2.43. The molecule has 0 aromatic rings. The lowest BCUT2D eigenvalue weighted by Crippen LogP contribution is -2.42. The molecule has 4 saturated carbocycles. The molecule has 4 rings (SSSR count). The van der Waals surface area contributed by atoms with Gasteiger partial charge in [-0.25, -0.2) is 0 Å². The lowest BCUT2D eigenvalue weighted by atomic mass is 9.70. The minimum atomic E-state index is -1.09. The zero-order valence-corrected chi connectivity index (χ0v) is 21.4. The molecule has 1 heteroatoms. The van der Waals surface area contributed by atoms with E-state index < -0.39 is 8.07 Å². The minimum Gasteiger partial charge on any atom is -0.0689 e. The first-order chi connectivity index (χ1) is 13.9. The fourth-order valence-corrected chi connectivity index (χ4v) is 13.1. The fraction of sp³-hybridized carbons (Fsp3) is 1.00. The predicted octanol–water partition coefficient (Wildman–Crippen LogP) is 9.47. The maximum atomic E-state index is 2.81. The third-order valence-corrected chi connectivity index (χ3v) is 16.3. The van der Waals surface area contributed by atoms with Gasteiger partial charge in [0.1, 0.15) is 0 Å². The van der Waals surface area contributed by atoms with Crippen molar-refractivity contribution in [1.82, 2.24) is 0 Å². The molecule has 0 aromatic heterocycles. The average Bonchev–Trinajstić information content (AvgIpc) is 2.74. The molecule has 0 radical (unpaired) electrons. The predicted molar refractivity (Wildman–Crippen MR) is 131 cm³/mol. The van der Waals surface area contributed by atoms with Gasteiger partial charge in [-0.15, -0.1) is 0 Å². The van der Waals surface area contributed by atoms with Gasteiger partial charge in [-0.1, -0.05) is 117 Å². The Hall–Kier alpha value is 0.217. The van der Waals surface area contributed by atoms with Crippen LogP contribution in [0.1, 0.15) is 117 Å². The van der Waals surface area contributed by atoms with Crippen LogP contribution in [0.25, 0.3) is 0 Å². The Balaban J connectivity index is 1.25. The van der Waals surface area contributed by atoms with Crippen LogP contribution in [0, 0.1) is 35.5 Å². The SMILES string of the molecule is CC1CCCC(C2CCC([Si](C)(C)C3CCC(C4CCCC(C)C4)CC3)CC2)C1. The van der Waals surface area contributed by atoms with Gasteiger partial charge in [0.15, 0.2) is 0 Å². The molecular formula is C28H52Si. The van der Waals surface area contributed by atoms with Crippen LogP contribution in [0.5, 0.6) is 0 Å². The monoisotopic (exact) mass is 416 g/mol. The molecule has 0 amide bonds. The van der Waals surface area contributed by atoms with Crippen molar-refractivity contribution in [3.63, 3.8) is 0 Å². The van der Waals surface area contributed by atoms with E-state index in [-0.39, 0.29) is 0 Å². The van der Waals surface area contributed by atoms with Crippen molar-refractivity contribution in [3.05, 3.63) is 0 Å². The zero-order valence-electron chi connectivity index (χ0n) is 20.4. The van der Waals surface area contributed by atoms with E-state index >= 15 is 0 Å². The van der Waals surface area contributed by atoms with Crippen molar-refractivity contribution in [2.75, 3.05) is 0 Å². The van der Waals surface area contributed by atoms with E-state index in [2.05, 4.69) is 26.9 Å². The second-order valence-electron chi connectivity index (χ2n) is 13.1. The van der Waals surface area contributed by atoms with Gasteiger partial charge in [0.25, 0.3) is 0 Å². The number of rotatable bonds is 4. The molecule has 0 heterocycles. The molecule has 0 bridgehead atoms. The first kappa shape index (κ1) is 22.4. The van der Waals surface area contributed by atoms with E-state index in [1.54, 1.807) is 77.0 Å². The first-order valence-electron chi connectivity index (χ1n) is 13.9. The molecule has 0 aliphatic heterocycles. The maximum Gasteiger partial charge on any atom is 0.0535 e. The van der Waals surface area contributed by atoms with Gasteiger partial charge < -0.3 is 0 Å². The van der Waals surface area contributed by atoms with Crippen molar-refractivity contribution in [3.8, 4) is 0 Å². The molecule has 0 N–H and O–H groups in total. The molecule has 4 aliphatic rings. The van der Waals surface area contributed by atoms with E-state index in [9.17, 15) is 0 Å². The summed E-state index contributed by atoms with van der Waals surface area (Å²) in [6.45, 7) is 10.7. The Morgan fingerprint density at radius 2 is 0.828 bits per heavy atom. The summed E-state index contributed by atoms with van der Waals surface area (Å²) < 4.78 is 0. The third-order valence-electron chi connectivity index (χ3n) is 10.9. The van der Waals surface area contributed by atoms with Crippen LogP contribution < -0.4 is 0 Å². The van der Waals surface area contributed by atoms with Gasteiger partial charge in [0, 0.05) is 0 Å². The van der Waals surface area contributed by atoms with Crippen LogP contribution >= 0.6 is 0 Å². The molecule has 0 nitrogen and oxygen atoms in total. The largest absolute Gasteiger partial charge is 0.0689 e. The van der Waals surface area contributed by atoms with Gasteiger partial charge in [0.05, 0.1) is 8.07 Å². The molecular weight excluding hydrogens is 364 g/mol. The van der Waals surface area contributed by atoms with Crippen molar-refractivity contribution in [1.29, 1.82) is 0 Å². The first-order valence-corrected chi connectivity index (χ1v) is 17.1. The lowest BCUT2D eigenvalue weighted by molar-refractivity contribution is 0.160. The highest BCUT2D eigenvalue weighted by molar-refractivity contribution is 6.80. The van der Waals surface area contributed by atoms with Gasteiger partial charge in [-0.05, 0) is 59.4 Å². The third kappa shape index (κ3) is 5.35. The van der Waals surface area contributed by atoms with E-state index in [0.29, 0.717) is 0 Å². The van der Waals surface area contributed by atoms with Gasteiger partial charge >= 0.3 is 0 Å². The van der Waals surface area contributed by atoms with Crippen LogP contribution in [-0.4, -0.2) is 8.07 Å². The summed E-state index contributed by atoms with van der Waals surface area (Å²) in [7, 11) is -1.09. The van der Waals surface area contributed by atoms with E-state index in [0.717, 1.165) is 46.6 Å². The molecule has 4 aliphatic carbocycles. The summed E-state index contributed by atoms with van der Waals surface area (Å²) in [4.78, 5) is 0. The number of hydrogen-bond acceptors (Lipinski definition) is 0. The van der Waals surface area contributed by atoms with E-state index in [4.69, 9.17) is 0 Å². The summed E-state index contributed by atoms with van der Waals surface area (Å²) >= 11 is 0. The maximum absolute atomic E-state index is 2.81. The molecule has 0 spiro atoms. The smallest absolute Gasteiger partial charge is 0.0535 e. The Morgan fingerprint density at radius 1 is 0.448 bits per heavy atom. The fourth-order valence-electron chi connectivity index (χ4n) is 8.82. The Morgan fingerprint density at radius 3 is 1.17 bits per heavy atom. The highest BCUT2D eigenvalue weighted by Crippen LogP contribution is 2.53. The Kier molecular flexibility index (Phi) is 7.56. The van der Waals surface area contributed by atoms with E-state index in [1.165, 1.54) is 25.7 Å². The molecule has 168 valence electrons. The molecule has 4 unspecified atom stereocenters. The van der Waals surface area contributed by atoms with Crippen molar-refractivity contribution in [2.24, 2.45) is 35.5 Å². The highest BCUT2D eigenvalue weighted by atomic mass is 28.3. The summed E-state index contributed by atoms with van der Waals surface area (Å²) in [5, 5.41) is 0. The molecule has 0 saturated heterocycles. The molecule has 0 aromatic carbocycles. The average molecular weight is 417 g/mol. The van der Waals surface area contributed by atoms with Gasteiger partial charge in [0.2, 0.25) is 0 Å². The van der Waals surface area contributed by atoms with Crippen LogP contribution in [0.15, 0.2) is 0 Å². The Labute approximate surface area is 184 Å². The quantitative estimate of drug-likeness (QED) is 0.400. The van der Waals surface area contributed by atoms with Crippen LogP contribution in [0.4, 0.5) is 0 Å². The van der Waals surface area contributed by atoms with Crippen molar-refractivity contribution in [2.45, 2.75) is 141 Å². The topological polar surface area (TPSA) is 0 Å². The van der Waals surface area contributed by atoms with Gasteiger partial charge in [-0.2, -0.15) is 0 Å². The Bertz CT molecular complexity index is 450. The number of hydrogen-bond donors (Lipinski definition) is 0. The molecule has 29 heavy (non-hydrogen) atoms. The van der Waals surface area contributed by atoms with Crippen LogP contribution in [-0.2, 0) is 0 Å². The van der Waals surface area contributed by atoms with Crippen LogP contribution in [0.3, 0.4) is 0 Å². The van der Waals surface area contributed by atoms with Crippen molar-refractivity contribution < 1.29 is 0 Å². The minimum absolute atomic E-state index is 1.01. The normalized spacial score (nSPS) is 45.1. The summed E-state index contributed by atoms with van der Waals surface area (Å²) in [6, 6.07) is 0. The van der Waals surface area contributed by atoms with Crippen LogP contribution in [0.2, 0.25) is 24.2 Å². The second kappa shape index (κ2) is 9.79.